The van der Waals surface area contributed by atoms with Crippen LogP contribution >= 0.6 is 15.9 Å². The Labute approximate surface area is 119 Å². The van der Waals surface area contributed by atoms with E-state index < -0.39 is 11.5 Å². The van der Waals surface area contributed by atoms with Crippen molar-refractivity contribution < 1.29 is 14.7 Å². The molecule has 0 unspecified atom stereocenters. The zero-order chi connectivity index (χ0) is 14.2. The number of aromatic carboxylic acids is 1. The van der Waals surface area contributed by atoms with Gasteiger partial charge in [-0.1, -0.05) is 0 Å². The van der Waals surface area contributed by atoms with Crippen molar-refractivity contribution in [2.24, 2.45) is 0 Å². The number of nitrogens with one attached hydrogen (secondary N) is 1. The van der Waals surface area contributed by atoms with Gasteiger partial charge in [-0.25, -0.2) is 4.79 Å². The number of piperazine rings is 1. The van der Waals surface area contributed by atoms with Crippen molar-refractivity contribution in [1.82, 2.24) is 5.32 Å². The number of nitrogens with zero attached hydrogens (tertiary/aromatic N) is 1. The Morgan fingerprint density at radius 2 is 2.16 bits per heavy atom. The van der Waals surface area contributed by atoms with E-state index in [1.165, 1.54) is 0 Å². The Hall–Kier alpha value is -1.56. The summed E-state index contributed by atoms with van der Waals surface area (Å²) in [4.78, 5) is 24.9. The van der Waals surface area contributed by atoms with E-state index in [-0.39, 0.29) is 11.5 Å². The Morgan fingerprint density at radius 1 is 1.47 bits per heavy atom. The van der Waals surface area contributed by atoms with E-state index in [1.54, 1.807) is 18.2 Å². The maximum atomic E-state index is 11.9. The summed E-state index contributed by atoms with van der Waals surface area (Å²) < 4.78 is 0.513. The van der Waals surface area contributed by atoms with Gasteiger partial charge in [-0.05, 0) is 48.0 Å². The lowest BCUT2D eigenvalue weighted by Gasteiger charge is -2.43. The second-order valence-electron chi connectivity index (χ2n) is 4.94. The zero-order valence-electron chi connectivity index (χ0n) is 10.7. The molecule has 0 aromatic heterocycles. The normalized spacial score (nSPS) is 18.1. The molecule has 0 radical (unpaired) electrons. The van der Waals surface area contributed by atoms with Crippen molar-refractivity contribution in [2.45, 2.75) is 19.4 Å². The standard InChI is InChI=1S/C13H15BrN2O3/c1-13(2)12(19)15-5-6-16(13)8-3-4-9(11(17)18)10(14)7-8/h3-4,7H,5-6H2,1-2H3,(H,15,19)(H,17,18). The fraction of sp³-hybridized carbons (Fsp3) is 0.385. The first-order chi connectivity index (χ1) is 8.84. The highest BCUT2D eigenvalue weighted by molar-refractivity contribution is 9.10. The van der Waals surface area contributed by atoms with Crippen molar-refractivity contribution >= 4 is 33.5 Å². The summed E-state index contributed by atoms with van der Waals surface area (Å²) in [5.74, 6) is -1.01. The molecule has 0 saturated carbocycles. The molecule has 1 aromatic rings. The van der Waals surface area contributed by atoms with Crippen LogP contribution in [-0.4, -0.2) is 35.6 Å². The first-order valence-corrected chi connectivity index (χ1v) is 6.72. The van der Waals surface area contributed by atoms with Crippen molar-refractivity contribution in [2.75, 3.05) is 18.0 Å². The van der Waals surface area contributed by atoms with E-state index in [4.69, 9.17) is 5.11 Å². The predicted octanol–water partition coefficient (Wildman–Crippen LogP) is 1.86. The highest BCUT2D eigenvalue weighted by atomic mass is 79.9. The van der Waals surface area contributed by atoms with Crippen LogP contribution in [0.15, 0.2) is 22.7 Å². The third-order valence-electron chi connectivity index (χ3n) is 3.35. The Balaban J connectivity index is 2.39. The molecule has 1 aromatic carbocycles. The molecule has 5 nitrogen and oxygen atoms in total. The summed E-state index contributed by atoms with van der Waals surface area (Å²) in [7, 11) is 0. The number of carboxylic acids is 1. The van der Waals surface area contributed by atoms with Crippen LogP contribution < -0.4 is 10.2 Å². The van der Waals surface area contributed by atoms with E-state index in [1.807, 2.05) is 18.7 Å². The van der Waals surface area contributed by atoms with Crippen molar-refractivity contribution in [3.05, 3.63) is 28.2 Å². The van der Waals surface area contributed by atoms with Gasteiger partial charge in [0.2, 0.25) is 5.91 Å². The number of hydrogen-bond acceptors (Lipinski definition) is 3. The second-order valence-corrected chi connectivity index (χ2v) is 5.79. The average molecular weight is 327 g/mol. The number of anilines is 1. The largest absolute Gasteiger partial charge is 0.478 e. The molecule has 0 spiro atoms. The minimum Gasteiger partial charge on any atom is -0.478 e. The van der Waals surface area contributed by atoms with E-state index in [2.05, 4.69) is 21.2 Å². The van der Waals surface area contributed by atoms with Crippen LogP contribution in [0, 0.1) is 0 Å². The summed E-state index contributed by atoms with van der Waals surface area (Å²) in [6.45, 7) is 4.97. The van der Waals surface area contributed by atoms with Crippen LogP contribution in [0.25, 0.3) is 0 Å². The monoisotopic (exact) mass is 326 g/mol. The van der Waals surface area contributed by atoms with Crippen molar-refractivity contribution in [3.63, 3.8) is 0 Å². The lowest BCUT2D eigenvalue weighted by atomic mass is 9.97. The molecule has 1 saturated heterocycles. The lowest BCUT2D eigenvalue weighted by molar-refractivity contribution is -0.126. The Kier molecular flexibility index (Phi) is 3.54. The molecular formula is C13H15BrN2O3. The van der Waals surface area contributed by atoms with E-state index in [0.717, 1.165) is 5.69 Å². The number of hydrogen-bond donors (Lipinski definition) is 2. The summed E-state index contributed by atoms with van der Waals surface area (Å²) >= 11 is 3.26. The Bertz CT molecular complexity index is 543. The highest BCUT2D eigenvalue weighted by Gasteiger charge is 2.37. The third kappa shape index (κ3) is 2.45. The molecule has 1 aliphatic rings. The summed E-state index contributed by atoms with van der Waals surface area (Å²) in [5, 5.41) is 11.8. The first-order valence-electron chi connectivity index (χ1n) is 5.93. The molecule has 6 heteroatoms. The van der Waals surface area contributed by atoms with Gasteiger partial charge in [0.05, 0.1) is 5.56 Å². The van der Waals surface area contributed by atoms with Gasteiger partial charge in [0.1, 0.15) is 5.54 Å². The molecule has 0 aliphatic carbocycles. The van der Waals surface area contributed by atoms with Crippen molar-refractivity contribution in [1.29, 1.82) is 0 Å². The molecule has 0 bridgehead atoms. The summed E-state index contributed by atoms with van der Waals surface area (Å²) in [6, 6.07) is 5.02. The molecule has 2 N–H and O–H groups in total. The van der Waals surface area contributed by atoms with Gasteiger partial charge in [-0.15, -0.1) is 0 Å². The molecule has 1 amide bonds. The van der Waals surface area contributed by atoms with Crippen molar-refractivity contribution in [3.8, 4) is 0 Å². The molecule has 2 rings (SSSR count). The van der Waals surface area contributed by atoms with Gasteiger partial charge in [0.25, 0.3) is 0 Å². The van der Waals surface area contributed by atoms with E-state index in [0.29, 0.717) is 17.6 Å². The first kappa shape index (κ1) is 13.9. The maximum absolute atomic E-state index is 11.9. The van der Waals surface area contributed by atoms with Crippen LogP contribution in [0.5, 0.6) is 0 Å². The number of benzene rings is 1. The van der Waals surface area contributed by atoms with Gasteiger partial charge in [-0.2, -0.15) is 0 Å². The number of halogens is 1. The second kappa shape index (κ2) is 4.85. The van der Waals surface area contributed by atoms with Crippen LogP contribution in [0.4, 0.5) is 5.69 Å². The lowest BCUT2D eigenvalue weighted by Crippen LogP contribution is -2.62. The van der Waals surface area contributed by atoms with Crippen LogP contribution in [0.1, 0.15) is 24.2 Å². The number of rotatable bonds is 2. The fourth-order valence-electron chi connectivity index (χ4n) is 2.20. The third-order valence-corrected chi connectivity index (χ3v) is 4.00. The van der Waals surface area contributed by atoms with Gasteiger partial charge in [0.15, 0.2) is 0 Å². The zero-order valence-corrected chi connectivity index (χ0v) is 12.3. The summed E-state index contributed by atoms with van der Waals surface area (Å²) in [5.41, 5.74) is 0.391. The molecule has 1 aliphatic heterocycles. The highest BCUT2D eigenvalue weighted by Crippen LogP contribution is 2.30. The van der Waals surface area contributed by atoms with Crippen LogP contribution in [0.2, 0.25) is 0 Å². The molecule has 1 heterocycles. The van der Waals surface area contributed by atoms with Gasteiger partial charge in [0, 0.05) is 23.2 Å². The average Bonchev–Trinajstić information content (AvgIpc) is 2.32. The maximum Gasteiger partial charge on any atom is 0.336 e. The predicted molar refractivity (Wildman–Crippen MR) is 75.5 cm³/mol. The number of carbonyl (C=O) groups excluding carboxylic acids is 1. The molecule has 102 valence electrons. The fourth-order valence-corrected chi connectivity index (χ4v) is 2.73. The van der Waals surface area contributed by atoms with E-state index in [9.17, 15) is 9.59 Å². The molecule has 1 fully saturated rings. The van der Waals surface area contributed by atoms with E-state index >= 15 is 0 Å². The molecule has 19 heavy (non-hydrogen) atoms. The number of carboxylic acid groups (broad SMARTS) is 1. The smallest absolute Gasteiger partial charge is 0.336 e. The van der Waals surface area contributed by atoms with Gasteiger partial charge in [-0.3, -0.25) is 4.79 Å². The minimum atomic E-state index is -0.978. The topological polar surface area (TPSA) is 69.6 Å². The van der Waals surface area contributed by atoms with Crippen LogP contribution in [-0.2, 0) is 4.79 Å². The number of amides is 1. The van der Waals surface area contributed by atoms with Gasteiger partial charge >= 0.3 is 5.97 Å². The number of carbonyl (C=O) groups is 2. The Morgan fingerprint density at radius 3 is 2.74 bits per heavy atom. The minimum absolute atomic E-state index is 0.0304. The van der Waals surface area contributed by atoms with Gasteiger partial charge < -0.3 is 15.3 Å². The SMILES string of the molecule is CC1(C)C(=O)NCCN1c1ccc(C(=O)O)c(Br)c1. The quantitative estimate of drug-likeness (QED) is 0.870. The molecular weight excluding hydrogens is 312 g/mol. The molecule has 0 atom stereocenters. The summed E-state index contributed by atoms with van der Waals surface area (Å²) in [6.07, 6.45) is 0. The van der Waals surface area contributed by atoms with Crippen LogP contribution in [0.3, 0.4) is 0 Å².